The van der Waals surface area contributed by atoms with Crippen molar-refractivity contribution < 1.29 is 4.79 Å². The molecule has 1 aromatic carbocycles. The highest BCUT2D eigenvalue weighted by Gasteiger charge is 2.20. The van der Waals surface area contributed by atoms with E-state index in [-0.39, 0.29) is 11.9 Å². The number of hydrogen-bond acceptors (Lipinski definition) is 3. The fraction of sp³-hybridized carbons (Fsp3) is 0.167. The molecule has 0 saturated carbocycles. The van der Waals surface area contributed by atoms with E-state index in [0.717, 1.165) is 16.5 Å². The third-order valence-electron chi connectivity index (χ3n) is 3.94. The molecule has 0 fully saturated rings. The molecule has 0 aliphatic heterocycles. The van der Waals surface area contributed by atoms with Gasteiger partial charge in [-0.3, -0.25) is 14.8 Å². The summed E-state index contributed by atoms with van der Waals surface area (Å²) in [6.07, 6.45) is 5.26. The van der Waals surface area contributed by atoms with Crippen LogP contribution in [0.2, 0.25) is 0 Å². The fourth-order valence-corrected chi connectivity index (χ4v) is 2.50. The van der Waals surface area contributed by atoms with Crippen LogP contribution >= 0.6 is 0 Å². The van der Waals surface area contributed by atoms with Crippen LogP contribution in [-0.2, 0) is 0 Å². The van der Waals surface area contributed by atoms with Gasteiger partial charge in [0, 0.05) is 36.6 Å². The predicted octanol–water partition coefficient (Wildman–Crippen LogP) is 3.46. The Hall–Kier alpha value is -2.75. The molecule has 0 bridgehead atoms. The molecule has 2 heterocycles. The van der Waals surface area contributed by atoms with Gasteiger partial charge >= 0.3 is 0 Å². The van der Waals surface area contributed by atoms with Gasteiger partial charge in [-0.1, -0.05) is 18.2 Å². The van der Waals surface area contributed by atoms with E-state index in [1.54, 1.807) is 23.5 Å². The van der Waals surface area contributed by atoms with E-state index in [0.29, 0.717) is 5.56 Å². The number of rotatable bonds is 3. The molecule has 3 aromatic rings. The van der Waals surface area contributed by atoms with Crippen LogP contribution in [0.25, 0.3) is 10.9 Å². The third-order valence-corrected chi connectivity index (χ3v) is 3.94. The lowest BCUT2D eigenvalue weighted by Crippen LogP contribution is -2.29. The Kier molecular flexibility index (Phi) is 3.83. The average molecular weight is 291 g/mol. The highest BCUT2D eigenvalue weighted by molar-refractivity contribution is 6.06. The van der Waals surface area contributed by atoms with Crippen molar-refractivity contribution in [2.24, 2.45) is 0 Å². The van der Waals surface area contributed by atoms with Gasteiger partial charge in [0.2, 0.25) is 0 Å². The normalized spacial score (nSPS) is 12.1. The van der Waals surface area contributed by atoms with Gasteiger partial charge in [0.15, 0.2) is 0 Å². The summed E-state index contributed by atoms with van der Waals surface area (Å²) < 4.78 is 0. The molecular formula is C18H17N3O. The maximum Gasteiger partial charge on any atom is 0.254 e. The van der Waals surface area contributed by atoms with E-state index in [9.17, 15) is 4.79 Å². The largest absolute Gasteiger partial charge is 0.335 e. The van der Waals surface area contributed by atoms with Crippen molar-refractivity contribution in [3.63, 3.8) is 0 Å². The summed E-state index contributed by atoms with van der Waals surface area (Å²) in [6, 6.07) is 13.2. The van der Waals surface area contributed by atoms with E-state index >= 15 is 0 Å². The summed E-state index contributed by atoms with van der Waals surface area (Å²) in [4.78, 5) is 23.0. The summed E-state index contributed by atoms with van der Waals surface area (Å²) in [5.41, 5.74) is 2.51. The molecule has 0 aliphatic carbocycles. The minimum absolute atomic E-state index is 0.0186. The first-order valence-electron chi connectivity index (χ1n) is 7.19. The molecule has 1 amide bonds. The lowest BCUT2D eigenvalue weighted by molar-refractivity contribution is 0.0744. The second-order valence-electron chi connectivity index (χ2n) is 5.25. The molecule has 1 atom stereocenters. The van der Waals surface area contributed by atoms with E-state index in [1.807, 2.05) is 56.4 Å². The van der Waals surface area contributed by atoms with Crippen molar-refractivity contribution >= 4 is 16.8 Å². The molecule has 0 aliphatic rings. The Morgan fingerprint density at radius 3 is 2.68 bits per heavy atom. The summed E-state index contributed by atoms with van der Waals surface area (Å²) in [7, 11) is 1.81. The topological polar surface area (TPSA) is 46.1 Å². The van der Waals surface area contributed by atoms with Gasteiger partial charge in [-0.15, -0.1) is 0 Å². The fourth-order valence-electron chi connectivity index (χ4n) is 2.50. The molecular weight excluding hydrogens is 274 g/mol. The molecule has 0 radical (unpaired) electrons. The van der Waals surface area contributed by atoms with Crippen molar-refractivity contribution in [2.75, 3.05) is 7.05 Å². The van der Waals surface area contributed by atoms with Crippen molar-refractivity contribution in [2.45, 2.75) is 13.0 Å². The molecule has 0 saturated heterocycles. The minimum Gasteiger partial charge on any atom is -0.335 e. The first-order valence-corrected chi connectivity index (χ1v) is 7.19. The van der Waals surface area contributed by atoms with Gasteiger partial charge in [0.05, 0.1) is 11.6 Å². The van der Waals surface area contributed by atoms with Gasteiger partial charge in [-0.25, -0.2) is 0 Å². The Balaban J connectivity index is 1.96. The minimum atomic E-state index is -0.0480. The Labute approximate surface area is 129 Å². The number of carbonyl (C=O) groups is 1. The van der Waals surface area contributed by atoms with E-state index in [1.165, 1.54) is 0 Å². The molecule has 110 valence electrons. The van der Waals surface area contributed by atoms with Gasteiger partial charge in [-0.05, 0) is 36.8 Å². The lowest BCUT2D eigenvalue weighted by Gasteiger charge is -2.25. The Bertz CT molecular complexity index is 796. The zero-order valence-electron chi connectivity index (χ0n) is 12.6. The summed E-state index contributed by atoms with van der Waals surface area (Å²) in [5, 5.41) is 0.875. The molecule has 4 heteroatoms. The number of aromatic nitrogens is 2. The molecule has 3 rings (SSSR count). The number of nitrogens with zero attached hydrogens (tertiary/aromatic N) is 3. The molecule has 1 unspecified atom stereocenters. The molecule has 22 heavy (non-hydrogen) atoms. The van der Waals surface area contributed by atoms with Crippen LogP contribution in [-0.4, -0.2) is 27.8 Å². The summed E-state index contributed by atoms with van der Waals surface area (Å²) in [6.45, 7) is 2.00. The Morgan fingerprint density at radius 2 is 1.91 bits per heavy atom. The number of amides is 1. The van der Waals surface area contributed by atoms with E-state index < -0.39 is 0 Å². The summed E-state index contributed by atoms with van der Waals surface area (Å²) >= 11 is 0. The van der Waals surface area contributed by atoms with E-state index in [2.05, 4.69) is 9.97 Å². The van der Waals surface area contributed by atoms with Crippen molar-refractivity contribution in [1.82, 2.24) is 14.9 Å². The zero-order chi connectivity index (χ0) is 15.5. The van der Waals surface area contributed by atoms with Gasteiger partial charge in [0.25, 0.3) is 5.91 Å². The van der Waals surface area contributed by atoms with Crippen LogP contribution in [0.1, 0.15) is 28.9 Å². The zero-order valence-corrected chi connectivity index (χ0v) is 12.6. The van der Waals surface area contributed by atoms with Crippen molar-refractivity contribution in [3.8, 4) is 0 Å². The smallest absolute Gasteiger partial charge is 0.254 e. The van der Waals surface area contributed by atoms with Crippen LogP contribution in [0.15, 0.2) is 61.1 Å². The highest BCUT2D eigenvalue weighted by atomic mass is 16.2. The standard InChI is InChI=1S/C18H17N3O/c1-13(14-6-4-10-19-12-14)21(2)18(22)16-7-3-9-17-15(16)8-5-11-20-17/h3-13H,1-2H3. The molecule has 2 aromatic heterocycles. The SMILES string of the molecule is CC(c1cccnc1)N(C)C(=O)c1cccc2ncccc12. The second-order valence-corrected chi connectivity index (χ2v) is 5.25. The van der Waals surface area contributed by atoms with Crippen LogP contribution in [0.4, 0.5) is 0 Å². The predicted molar refractivity (Wildman–Crippen MR) is 86.5 cm³/mol. The first kappa shape index (κ1) is 14.2. The van der Waals surface area contributed by atoms with Crippen LogP contribution < -0.4 is 0 Å². The van der Waals surface area contributed by atoms with Gasteiger partial charge < -0.3 is 4.90 Å². The maximum atomic E-state index is 12.9. The lowest BCUT2D eigenvalue weighted by atomic mass is 10.0. The number of hydrogen-bond donors (Lipinski definition) is 0. The number of carbonyl (C=O) groups excluding carboxylic acids is 1. The van der Waals surface area contributed by atoms with Crippen LogP contribution in [0, 0.1) is 0 Å². The highest BCUT2D eigenvalue weighted by Crippen LogP contribution is 2.23. The van der Waals surface area contributed by atoms with Crippen molar-refractivity contribution in [1.29, 1.82) is 0 Å². The van der Waals surface area contributed by atoms with Gasteiger partial charge in [0.1, 0.15) is 0 Å². The quantitative estimate of drug-likeness (QED) is 0.742. The van der Waals surface area contributed by atoms with Crippen LogP contribution in [0.3, 0.4) is 0 Å². The molecule has 0 spiro atoms. The monoisotopic (exact) mass is 291 g/mol. The van der Waals surface area contributed by atoms with Crippen molar-refractivity contribution in [3.05, 3.63) is 72.2 Å². The average Bonchev–Trinajstić information content (AvgIpc) is 2.60. The number of fused-ring (bicyclic) bond motifs is 1. The maximum absolute atomic E-state index is 12.9. The van der Waals surface area contributed by atoms with Gasteiger partial charge in [-0.2, -0.15) is 0 Å². The second kappa shape index (κ2) is 5.93. The summed E-state index contributed by atoms with van der Waals surface area (Å²) in [5.74, 6) is -0.0186. The molecule has 4 nitrogen and oxygen atoms in total. The third kappa shape index (κ3) is 2.55. The van der Waals surface area contributed by atoms with E-state index in [4.69, 9.17) is 0 Å². The Morgan fingerprint density at radius 1 is 1.09 bits per heavy atom. The molecule has 0 N–H and O–H groups in total. The first-order chi connectivity index (χ1) is 10.7. The van der Waals surface area contributed by atoms with Crippen LogP contribution in [0.5, 0.6) is 0 Å². The number of benzene rings is 1. The number of pyridine rings is 2.